The lowest BCUT2D eigenvalue weighted by atomic mass is 10.0. The average Bonchev–Trinajstić information content (AvgIpc) is 2.87. The first-order chi connectivity index (χ1) is 18.0. The molecule has 0 spiro atoms. The molecule has 3 amide bonds. The largest absolute Gasteiger partial charge is 0.508 e. The van der Waals surface area contributed by atoms with E-state index in [9.17, 15) is 29.4 Å². The van der Waals surface area contributed by atoms with Crippen molar-refractivity contribution in [2.45, 2.75) is 57.3 Å². The summed E-state index contributed by atoms with van der Waals surface area (Å²) in [6.45, 7) is 3.85. The van der Waals surface area contributed by atoms with E-state index in [4.69, 9.17) is 5.73 Å². The number of amides is 3. The zero-order chi connectivity index (χ0) is 28.2. The number of carbonyl (C=O) groups excluding carboxylic acids is 3. The molecule has 0 bridgehead atoms. The van der Waals surface area contributed by atoms with Gasteiger partial charge in [-0.1, -0.05) is 56.3 Å². The molecular formula is C27H36N4O6S. The minimum atomic E-state index is -1.28. The molecule has 0 heterocycles. The van der Waals surface area contributed by atoms with Gasteiger partial charge in [0.2, 0.25) is 17.7 Å². The van der Waals surface area contributed by atoms with E-state index in [-0.39, 0.29) is 30.3 Å². The van der Waals surface area contributed by atoms with E-state index in [0.29, 0.717) is 12.0 Å². The number of phenols is 1. The fourth-order valence-corrected chi connectivity index (χ4v) is 4.02. The zero-order valence-electron chi connectivity index (χ0n) is 21.5. The number of carbonyl (C=O) groups is 4. The maximum atomic E-state index is 13.2. The third kappa shape index (κ3) is 10.1. The number of hydrogen-bond acceptors (Lipinski definition) is 7. The molecule has 0 saturated carbocycles. The van der Waals surface area contributed by atoms with Crippen LogP contribution in [0.3, 0.4) is 0 Å². The van der Waals surface area contributed by atoms with Crippen molar-refractivity contribution in [3.8, 4) is 5.75 Å². The predicted molar refractivity (Wildman–Crippen MR) is 147 cm³/mol. The summed E-state index contributed by atoms with van der Waals surface area (Å²) in [6.07, 6.45) is 0.490. The van der Waals surface area contributed by atoms with Crippen LogP contribution in [0.5, 0.6) is 5.75 Å². The minimum Gasteiger partial charge on any atom is -0.508 e. The molecular weight excluding hydrogens is 508 g/mol. The highest BCUT2D eigenvalue weighted by Crippen LogP contribution is 2.12. The Balaban J connectivity index is 2.18. The monoisotopic (exact) mass is 544 g/mol. The van der Waals surface area contributed by atoms with Crippen LogP contribution in [0.15, 0.2) is 54.6 Å². The number of benzene rings is 2. The molecule has 2 aromatic rings. The molecule has 38 heavy (non-hydrogen) atoms. The van der Waals surface area contributed by atoms with E-state index in [1.54, 1.807) is 36.4 Å². The standard InChI is InChI=1S/C27H36N4O6S/c1-16(2)12-20(28)24(33)31-23(15-38)26(35)29-21(13-17-6-4-3-5-7-17)25(34)30-22(27(36)37)14-18-8-10-19(32)11-9-18/h3-11,16,20-23,32,38H,12-15,28H2,1-2H3,(H,29,35)(H,30,34)(H,31,33)(H,36,37). The Bertz CT molecular complexity index is 1080. The predicted octanol–water partition coefficient (Wildman–Crippen LogP) is 1.02. The number of rotatable bonds is 14. The van der Waals surface area contributed by atoms with Crippen LogP contribution < -0.4 is 21.7 Å². The molecule has 0 aliphatic carbocycles. The Kier molecular flexibility index (Phi) is 12.1. The number of hydrogen-bond donors (Lipinski definition) is 7. The molecule has 206 valence electrons. The smallest absolute Gasteiger partial charge is 0.326 e. The third-order valence-electron chi connectivity index (χ3n) is 5.78. The van der Waals surface area contributed by atoms with Gasteiger partial charge in [-0.05, 0) is 35.6 Å². The lowest BCUT2D eigenvalue weighted by Gasteiger charge is -2.25. The van der Waals surface area contributed by atoms with Crippen LogP contribution in [0.4, 0.5) is 0 Å². The van der Waals surface area contributed by atoms with Gasteiger partial charge in [0.05, 0.1) is 6.04 Å². The number of aliphatic carboxylic acids is 1. The summed E-state index contributed by atoms with van der Waals surface area (Å²) in [4.78, 5) is 50.7. The van der Waals surface area contributed by atoms with Gasteiger partial charge < -0.3 is 31.9 Å². The fourth-order valence-electron chi connectivity index (χ4n) is 3.76. The maximum Gasteiger partial charge on any atom is 0.326 e. The first kappa shape index (κ1) is 30.7. The summed E-state index contributed by atoms with van der Waals surface area (Å²) in [7, 11) is 0. The molecule has 0 radical (unpaired) electrons. The summed E-state index contributed by atoms with van der Waals surface area (Å²) in [5.74, 6) is -2.93. The summed E-state index contributed by atoms with van der Waals surface area (Å²) in [5, 5.41) is 26.9. The van der Waals surface area contributed by atoms with E-state index < -0.39 is 47.9 Å². The SMILES string of the molecule is CC(C)CC(N)C(=O)NC(CS)C(=O)NC(Cc1ccccc1)C(=O)NC(Cc1ccc(O)cc1)C(=O)O. The van der Waals surface area contributed by atoms with Crippen LogP contribution in [-0.2, 0) is 32.0 Å². The molecule has 0 aromatic heterocycles. The molecule has 0 aliphatic rings. The number of carboxylic acid groups (broad SMARTS) is 1. The van der Waals surface area contributed by atoms with Crippen LogP contribution in [0.1, 0.15) is 31.4 Å². The van der Waals surface area contributed by atoms with Crippen molar-refractivity contribution in [1.29, 1.82) is 0 Å². The summed E-state index contributed by atoms with van der Waals surface area (Å²) < 4.78 is 0. The van der Waals surface area contributed by atoms with Gasteiger partial charge >= 0.3 is 5.97 Å². The van der Waals surface area contributed by atoms with Crippen molar-refractivity contribution in [2.75, 3.05) is 5.75 Å². The number of thiol groups is 1. The van der Waals surface area contributed by atoms with Crippen molar-refractivity contribution in [1.82, 2.24) is 16.0 Å². The molecule has 0 fully saturated rings. The summed E-state index contributed by atoms with van der Waals surface area (Å²) in [6, 6.07) is 10.6. The van der Waals surface area contributed by atoms with Gasteiger partial charge in [0, 0.05) is 18.6 Å². The second-order valence-corrected chi connectivity index (χ2v) is 9.87. The lowest BCUT2D eigenvalue weighted by Crippen LogP contribution is -2.58. The Morgan fingerprint density at radius 3 is 1.84 bits per heavy atom. The minimum absolute atomic E-state index is 0.0313. The Morgan fingerprint density at radius 2 is 1.29 bits per heavy atom. The van der Waals surface area contributed by atoms with Crippen LogP contribution in [0, 0.1) is 5.92 Å². The average molecular weight is 545 g/mol. The molecule has 4 atom stereocenters. The first-order valence-electron chi connectivity index (χ1n) is 12.3. The number of phenolic OH excluding ortho intramolecular Hbond substituents is 1. The molecule has 4 unspecified atom stereocenters. The van der Waals surface area contributed by atoms with Gasteiger partial charge in [0.25, 0.3) is 0 Å². The van der Waals surface area contributed by atoms with E-state index in [1.165, 1.54) is 12.1 Å². The Hall–Kier alpha value is -3.57. The van der Waals surface area contributed by atoms with Crippen LogP contribution in [0.2, 0.25) is 0 Å². The summed E-state index contributed by atoms with van der Waals surface area (Å²) in [5.41, 5.74) is 7.26. The van der Waals surface area contributed by atoms with Crippen LogP contribution in [0.25, 0.3) is 0 Å². The molecule has 7 N–H and O–H groups in total. The van der Waals surface area contributed by atoms with Gasteiger partial charge in [-0.2, -0.15) is 12.6 Å². The summed E-state index contributed by atoms with van der Waals surface area (Å²) >= 11 is 4.17. The van der Waals surface area contributed by atoms with Gasteiger partial charge in [0.15, 0.2) is 0 Å². The van der Waals surface area contributed by atoms with Crippen molar-refractivity contribution in [3.05, 3.63) is 65.7 Å². The molecule has 0 saturated heterocycles. The first-order valence-corrected chi connectivity index (χ1v) is 13.0. The van der Waals surface area contributed by atoms with Crippen LogP contribution in [-0.4, -0.2) is 63.8 Å². The van der Waals surface area contributed by atoms with Gasteiger partial charge in [-0.15, -0.1) is 0 Å². The van der Waals surface area contributed by atoms with Gasteiger partial charge in [-0.25, -0.2) is 4.79 Å². The second-order valence-electron chi connectivity index (χ2n) is 9.50. The number of nitrogens with one attached hydrogen (secondary N) is 3. The highest BCUT2D eigenvalue weighted by molar-refractivity contribution is 7.80. The lowest BCUT2D eigenvalue weighted by molar-refractivity contribution is -0.142. The fraction of sp³-hybridized carbons (Fsp3) is 0.407. The van der Waals surface area contributed by atoms with Gasteiger partial charge in [-0.3, -0.25) is 14.4 Å². The number of aromatic hydroxyl groups is 1. The van der Waals surface area contributed by atoms with Gasteiger partial charge in [0.1, 0.15) is 23.9 Å². The van der Waals surface area contributed by atoms with Crippen molar-refractivity contribution >= 4 is 36.3 Å². The highest BCUT2D eigenvalue weighted by atomic mass is 32.1. The van der Waals surface area contributed by atoms with Crippen LogP contribution >= 0.6 is 12.6 Å². The normalized spacial score (nSPS) is 14.1. The molecule has 0 aliphatic heterocycles. The molecule has 2 rings (SSSR count). The van der Waals surface area contributed by atoms with Crippen molar-refractivity contribution in [3.63, 3.8) is 0 Å². The Morgan fingerprint density at radius 1 is 0.789 bits per heavy atom. The molecule has 10 nitrogen and oxygen atoms in total. The molecule has 2 aromatic carbocycles. The maximum absolute atomic E-state index is 13.2. The number of carboxylic acids is 1. The number of nitrogens with two attached hydrogens (primary N) is 1. The Labute approximate surface area is 227 Å². The van der Waals surface area contributed by atoms with E-state index in [1.807, 2.05) is 19.9 Å². The van der Waals surface area contributed by atoms with E-state index in [2.05, 4.69) is 28.6 Å². The quantitative estimate of drug-likeness (QED) is 0.174. The zero-order valence-corrected chi connectivity index (χ0v) is 22.4. The van der Waals surface area contributed by atoms with Crippen molar-refractivity contribution < 1.29 is 29.4 Å². The molecule has 11 heteroatoms. The third-order valence-corrected chi connectivity index (χ3v) is 6.15. The van der Waals surface area contributed by atoms with E-state index in [0.717, 1.165) is 5.56 Å². The van der Waals surface area contributed by atoms with Crippen molar-refractivity contribution in [2.24, 2.45) is 11.7 Å². The van der Waals surface area contributed by atoms with E-state index >= 15 is 0 Å². The highest BCUT2D eigenvalue weighted by Gasteiger charge is 2.30. The topological polar surface area (TPSA) is 171 Å². The second kappa shape index (κ2) is 15.0.